The monoisotopic (exact) mass is 275 g/mol. The molecule has 0 radical (unpaired) electrons. The lowest BCUT2D eigenvalue weighted by Crippen LogP contribution is -2.33. The van der Waals surface area contributed by atoms with E-state index in [9.17, 15) is 18.3 Å². The van der Waals surface area contributed by atoms with Crippen molar-refractivity contribution in [3.8, 4) is 5.75 Å². The SMILES string of the molecule is OC1(CNc2cccc(OC(F)(F)F)c2)CCCC1. The highest BCUT2D eigenvalue weighted by molar-refractivity contribution is 5.48. The first-order valence-corrected chi connectivity index (χ1v) is 6.18. The van der Waals surface area contributed by atoms with Crippen molar-refractivity contribution in [3.63, 3.8) is 0 Å². The van der Waals surface area contributed by atoms with Crippen molar-refractivity contribution in [1.29, 1.82) is 0 Å². The van der Waals surface area contributed by atoms with E-state index < -0.39 is 12.0 Å². The molecule has 0 aromatic heterocycles. The van der Waals surface area contributed by atoms with Gasteiger partial charge in [-0.3, -0.25) is 0 Å². The summed E-state index contributed by atoms with van der Waals surface area (Å²) in [7, 11) is 0. The topological polar surface area (TPSA) is 41.5 Å². The molecule has 6 heteroatoms. The van der Waals surface area contributed by atoms with Crippen molar-refractivity contribution in [2.24, 2.45) is 0 Å². The second kappa shape index (κ2) is 5.28. The third-order valence-electron chi connectivity index (χ3n) is 3.22. The first-order valence-electron chi connectivity index (χ1n) is 6.18. The number of rotatable bonds is 4. The average molecular weight is 275 g/mol. The van der Waals surface area contributed by atoms with Gasteiger partial charge in [-0.15, -0.1) is 13.2 Å². The maximum atomic E-state index is 12.1. The van der Waals surface area contributed by atoms with E-state index in [1.807, 2.05) is 0 Å². The van der Waals surface area contributed by atoms with Crippen LogP contribution in [0.3, 0.4) is 0 Å². The number of nitrogens with one attached hydrogen (secondary N) is 1. The van der Waals surface area contributed by atoms with Crippen molar-refractivity contribution < 1.29 is 23.0 Å². The molecule has 0 aliphatic heterocycles. The van der Waals surface area contributed by atoms with Gasteiger partial charge in [0.2, 0.25) is 0 Å². The van der Waals surface area contributed by atoms with Crippen LogP contribution in [0.1, 0.15) is 25.7 Å². The molecule has 0 amide bonds. The summed E-state index contributed by atoms with van der Waals surface area (Å²) in [5.74, 6) is -0.268. The third-order valence-corrected chi connectivity index (χ3v) is 3.22. The van der Waals surface area contributed by atoms with E-state index >= 15 is 0 Å². The number of alkyl halides is 3. The summed E-state index contributed by atoms with van der Waals surface area (Å²) in [4.78, 5) is 0. The van der Waals surface area contributed by atoms with Crippen LogP contribution >= 0.6 is 0 Å². The predicted octanol–water partition coefficient (Wildman–Crippen LogP) is 3.30. The number of hydrogen-bond donors (Lipinski definition) is 2. The second-order valence-electron chi connectivity index (χ2n) is 4.86. The molecule has 0 spiro atoms. The van der Waals surface area contributed by atoms with Crippen LogP contribution in [-0.4, -0.2) is 23.6 Å². The zero-order valence-corrected chi connectivity index (χ0v) is 10.3. The molecule has 3 nitrogen and oxygen atoms in total. The Hall–Kier alpha value is -1.43. The smallest absolute Gasteiger partial charge is 0.406 e. The van der Waals surface area contributed by atoms with Gasteiger partial charge in [-0.25, -0.2) is 0 Å². The second-order valence-corrected chi connectivity index (χ2v) is 4.86. The fourth-order valence-corrected chi connectivity index (χ4v) is 2.28. The van der Waals surface area contributed by atoms with Gasteiger partial charge in [-0.2, -0.15) is 0 Å². The number of anilines is 1. The summed E-state index contributed by atoms with van der Waals surface area (Å²) in [6, 6.07) is 5.62. The number of aliphatic hydroxyl groups is 1. The largest absolute Gasteiger partial charge is 0.573 e. The van der Waals surface area contributed by atoms with Crippen molar-refractivity contribution in [3.05, 3.63) is 24.3 Å². The molecule has 106 valence electrons. The lowest BCUT2D eigenvalue weighted by Gasteiger charge is -2.23. The molecule has 0 unspecified atom stereocenters. The Bertz CT molecular complexity index is 428. The highest BCUT2D eigenvalue weighted by atomic mass is 19.4. The van der Waals surface area contributed by atoms with Crippen molar-refractivity contribution >= 4 is 5.69 Å². The van der Waals surface area contributed by atoms with Gasteiger partial charge in [0, 0.05) is 18.3 Å². The fraction of sp³-hybridized carbons (Fsp3) is 0.538. The lowest BCUT2D eigenvalue weighted by atomic mass is 10.0. The molecular formula is C13H16F3NO2. The molecule has 0 saturated heterocycles. The molecule has 2 rings (SSSR count). The van der Waals surface area contributed by atoms with Gasteiger partial charge in [-0.05, 0) is 25.0 Å². The Morgan fingerprint density at radius 3 is 2.58 bits per heavy atom. The third kappa shape index (κ3) is 4.31. The fourth-order valence-electron chi connectivity index (χ4n) is 2.28. The quantitative estimate of drug-likeness (QED) is 0.886. The van der Waals surface area contributed by atoms with E-state index in [0.717, 1.165) is 25.7 Å². The first kappa shape index (κ1) is 14.0. The average Bonchev–Trinajstić information content (AvgIpc) is 2.73. The molecule has 1 fully saturated rings. The summed E-state index contributed by atoms with van der Waals surface area (Å²) >= 11 is 0. The molecular weight excluding hydrogens is 259 g/mol. The molecule has 0 heterocycles. The first-order chi connectivity index (χ1) is 8.86. The minimum Gasteiger partial charge on any atom is -0.406 e. The van der Waals surface area contributed by atoms with Gasteiger partial charge >= 0.3 is 6.36 Å². The number of ether oxygens (including phenoxy) is 1. The number of benzene rings is 1. The maximum Gasteiger partial charge on any atom is 0.573 e. The Balaban J connectivity index is 1.95. The van der Waals surface area contributed by atoms with Crippen molar-refractivity contribution in [2.75, 3.05) is 11.9 Å². The minimum absolute atomic E-state index is 0.268. The Labute approximate surface area is 109 Å². The van der Waals surface area contributed by atoms with E-state index in [-0.39, 0.29) is 5.75 Å². The predicted molar refractivity (Wildman–Crippen MR) is 65.0 cm³/mol. The van der Waals surface area contributed by atoms with Crippen LogP contribution in [0.15, 0.2) is 24.3 Å². The summed E-state index contributed by atoms with van der Waals surface area (Å²) in [6.45, 7) is 0.336. The Morgan fingerprint density at radius 1 is 1.26 bits per heavy atom. The molecule has 1 saturated carbocycles. The zero-order valence-electron chi connectivity index (χ0n) is 10.3. The van der Waals surface area contributed by atoms with E-state index in [1.165, 1.54) is 18.2 Å². The highest BCUT2D eigenvalue weighted by Gasteiger charge is 2.32. The summed E-state index contributed by atoms with van der Waals surface area (Å²) in [5.41, 5.74) is -0.247. The molecule has 0 bridgehead atoms. The van der Waals surface area contributed by atoms with Crippen LogP contribution in [0.2, 0.25) is 0 Å². The van der Waals surface area contributed by atoms with Gasteiger partial charge in [0.15, 0.2) is 0 Å². The van der Waals surface area contributed by atoms with Crippen molar-refractivity contribution in [1.82, 2.24) is 0 Å². The van der Waals surface area contributed by atoms with Crippen LogP contribution in [0.5, 0.6) is 5.75 Å². The van der Waals surface area contributed by atoms with E-state index in [0.29, 0.717) is 12.2 Å². The number of hydrogen-bond acceptors (Lipinski definition) is 3. The van der Waals surface area contributed by atoms with Crippen LogP contribution < -0.4 is 10.1 Å². The molecule has 1 aromatic carbocycles. The van der Waals surface area contributed by atoms with E-state index in [2.05, 4.69) is 10.1 Å². The Morgan fingerprint density at radius 2 is 1.95 bits per heavy atom. The zero-order chi connectivity index (χ0) is 13.9. The molecule has 0 atom stereocenters. The standard InChI is InChI=1S/C13H16F3NO2/c14-13(15,16)19-11-5-3-4-10(8-11)17-9-12(18)6-1-2-7-12/h3-5,8,17-18H,1-2,6-7,9H2. The molecule has 1 aliphatic rings. The maximum absolute atomic E-state index is 12.1. The number of halogens is 3. The Kier molecular flexibility index (Phi) is 3.89. The van der Waals surface area contributed by atoms with Gasteiger partial charge in [0.1, 0.15) is 5.75 Å². The molecule has 1 aromatic rings. The van der Waals surface area contributed by atoms with Crippen LogP contribution in [0, 0.1) is 0 Å². The van der Waals surface area contributed by atoms with Crippen LogP contribution in [0.25, 0.3) is 0 Å². The van der Waals surface area contributed by atoms with Gasteiger partial charge in [0.05, 0.1) is 5.60 Å². The lowest BCUT2D eigenvalue weighted by molar-refractivity contribution is -0.274. The minimum atomic E-state index is -4.69. The van der Waals surface area contributed by atoms with Gasteiger partial charge in [0.25, 0.3) is 0 Å². The summed E-state index contributed by atoms with van der Waals surface area (Å²) in [6.07, 6.45) is -1.29. The van der Waals surface area contributed by atoms with Gasteiger partial charge in [-0.1, -0.05) is 18.9 Å². The highest BCUT2D eigenvalue weighted by Crippen LogP contribution is 2.30. The molecule has 19 heavy (non-hydrogen) atoms. The van der Waals surface area contributed by atoms with E-state index in [1.54, 1.807) is 6.07 Å². The molecule has 2 N–H and O–H groups in total. The van der Waals surface area contributed by atoms with Crippen molar-refractivity contribution in [2.45, 2.75) is 37.6 Å². The van der Waals surface area contributed by atoms with E-state index in [4.69, 9.17) is 0 Å². The normalized spacial score (nSPS) is 18.3. The summed E-state index contributed by atoms with van der Waals surface area (Å²) < 4.78 is 40.1. The van der Waals surface area contributed by atoms with Gasteiger partial charge < -0.3 is 15.2 Å². The van der Waals surface area contributed by atoms with Crippen LogP contribution in [0.4, 0.5) is 18.9 Å². The van der Waals surface area contributed by atoms with Crippen LogP contribution in [-0.2, 0) is 0 Å². The molecule has 1 aliphatic carbocycles. The summed E-state index contributed by atoms with van der Waals surface area (Å²) in [5, 5.41) is 13.1.